The van der Waals surface area contributed by atoms with Crippen LogP contribution in [-0.2, 0) is 21.1 Å². The second kappa shape index (κ2) is 6.94. The number of ether oxygens (including phenoxy) is 1. The van der Waals surface area contributed by atoms with Gasteiger partial charge in [-0.05, 0) is 18.2 Å². The Hall–Kier alpha value is -0.450. The van der Waals surface area contributed by atoms with E-state index in [4.69, 9.17) is 21.1 Å². The molecule has 0 saturated carbocycles. The molecule has 2 saturated heterocycles. The second-order valence-electron chi connectivity index (χ2n) is 5.66. The van der Waals surface area contributed by atoms with E-state index in [1.165, 1.54) is 17.2 Å². The van der Waals surface area contributed by atoms with Gasteiger partial charge in [-0.2, -0.15) is 0 Å². The summed E-state index contributed by atoms with van der Waals surface area (Å²) in [5.41, 5.74) is 0.0791. The van der Waals surface area contributed by atoms with E-state index in [-0.39, 0.29) is 11.1 Å². The van der Waals surface area contributed by atoms with Crippen molar-refractivity contribution in [1.29, 1.82) is 0 Å². The minimum atomic E-state index is -2.12. The zero-order chi connectivity index (χ0) is 17.6. The third-order valence-electron chi connectivity index (χ3n) is 4.14. The first-order valence-electron chi connectivity index (χ1n) is 7.79. The molecule has 4 atom stereocenters. The van der Waals surface area contributed by atoms with Crippen molar-refractivity contribution in [2.45, 2.75) is 38.0 Å². The van der Waals surface area contributed by atoms with Gasteiger partial charge in [-0.3, -0.25) is 9.36 Å². The van der Waals surface area contributed by atoms with Crippen molar-refractivity contribution in [2.75, 3.05) is 11.5 Å². The van der Waals surface area contributed by atoms with Gasteiger partial charge in [0.2, 0.25) is 0 Å². The maximum atomic E-state index is 15.2. The van der Waals surface area contributed by atoms with E-state index < -0.39 is 29.3 Å². The Morgan fingerprint density at radius 1 is 1.52 bits per heavy atom. The van der Waals surface area contributed by atoms with Crippen molar-refractivity contribution in [3.05, 3.63) is 23.0 Å². The number of fused-ring (bicyclic) bond motifs is 1. The van der Waals surface area contributed by atoms with Gasteiger partial charge in [0.15, 0.2) is 28.2 Å². The Balaban J connectivity index is 1.65. The molecule has 4 heterocycles. The lowest BCUT2D eigenvalue weighted by molar-refractivity contribution is -0.0214. The molecular weight excluding hydrogens is 406 g/mol. The van der Waals surface area contributed by atoms with Crippen LogP contribution < -0.4 is 5.56 Å². The van der Waals surface area contributed by atoms with E-state index in [2.05, 4.69) is 15.0 Å². The number of halogens is 1. The summed E-state index contributed by atoms with van der Waals surface area (Å²) in [6.45, 7) is 1.93. The van der Waals surface area contributed by atoms with Crippen LogP contribution in [-0.4, -0.2) is 49.4 Å². The average Bonchev–Trinajstić information content (AvgIpc) is 3.28. The van der Waals surface area contributed by atoms with Gasteiger partial charge in [-0.15, -0.1) is 0 Å². The number of hydrogen-bond acceptors (Lipinski definition) is 8. The number of rotatable bonds is 4. The average molecular weight is 422 g/mol. The molecule has 0 aliphatic carbocycles. The van der Waals surface area contributed by atoms with Gasteiger partial charge in [0.1, 0.15) is 6.10 Å². The zero-order valence-electron chi connectivity index (χ0n) is 13.2. The summed E-state index contributed by atoms with van der Waals surface area (Å²) in [5.74, 6) is 1.87. The molecule has 0 unspecified atom stereocenters. The Kier molecular flexibility index (Phi) is 4.98. The fraction of sp³-hybridized carbons (Fsp3) is 0.615. The van der Waals surface area contributed by atoms with E-state index in [1.807, 2.05) is 6.92 Å². The van der Waals surface area contributed by atoms with Crippen molar-refractivity contribution in [3.63, 3.8) is 0 Å². The number of aromatic amines is 1. The molecule has 0 radical (unpaired) electrons. The molecule has 2 fully saturated rings. The standard InChI is InChI=1S/C13H16FN4O3PS3/c1-2-7-10(21-22(23)24-3-4-25-22)8(14)13(20-7)18-6-17-9-11(18)15-5-16-12(9)19/h5-8,10,13H,2-4H2,1H3,(H,15,16,19)/t7-,8-,10-,13-/m1/s1. The zero-order valence-corrected chi connectivity index (χ0v) is 16.5. The second-order valence-corrected chi connectivity index (χ2v) is 16.4. The molecule has 2 aliphatic heterocycles. The van der Waals surface area contributed by atoms with Crippen molar-refractivity contribution in [2.24, 2.45) is 0 Å². The quantitative estimate of drug-likeness (QED) is 0.754. The summed E-state index contributed by atoms with van der Waals surface area (Å²) in [6.07, 6.45) is -0.214. The normalized spacial score (nSPS) is 31.8. The van der Waals surface area contributed by atoms with Crippen molar-refractivity contribution >= 4 is 50.4 Å². The van der Waals surface area contributed by atoms with E-state index in [0.717, 1.165) is 11.5 Å². The number of nitrogens with one attached hydrogen (secondary N) is 1. The third kappa shape index (κ3) is 3.19. The van der Waals surface area contributed by atoms with Crippen LogP contribution in [0.4, 0.5) is 4.39 Å². The molecular formula is C13H16FN4O3PS3. The molecule has 136 valence electrons. The fourth-order valence-electron chi connectivity index (χ4n) is 2.97. The molecule has 1 N–H and O–H groups in total. The molecule has 0 amide bonds. The predicted molar refractivity (Wildman–Crippen MR) is 101 cm³/mol. The van der Waals surface area contributed by atoms with Crippen LogP contribution in [0, 0.1) is 0 Å². The van der Waals surface area contributed by atoms with Crippen molar-refractivity contribution in [3.8, 4) is 0 Å². The predicted octanol–water partition coefficient (Wildman–Crippen LogP) is 2.85. The Bertz CT molecular complexity index is 883. The molecule has 0 aromatic carbocycles. The molecule has 4 rings (SSSR count). The summed E-state index contributed by atoms with van der Waals surface area (Å²) < 4.78 is 26.6. The number of aromatic nitrogens is 4. The topological polar surface area (TPSA) is 82.0 Å². The van der Waals surface area contributed by atoms with Gasteiger partial charge >= 0.3 is 0 Å². The maximum Gasteiger partial charge on any atom is 0.278 e. The van der Waals surface area contributed by atoms with E-state index >= 15 is 4.39 Å². The lowest BCUT2D eigenvalue weighted by Gasteiger charge is -2.24. The molecule has 0 spiro atoms. The van der Waals surface area contributed by atoms with Crippen molar-refractivity contribution in [1.82, 2.24) is 19.5 Å². The van der Waals surface area contributed by atoms with Crippen LogP contribution in [0.2, 0.25) is 0 Å². The van der Waals surface area contributed by atoms with E-state index in [1.54, 1.807) is 22.8 Å². The number of hydrogen-bond donors (Lipinski definition) is 1. The Morgan fingerprint density at radius 2 is 2.28 bits per heavy atom. The van der Waals surface area contributed by atoms with Gasteiger partial charge in [-0.25, -0.2) is 14.4 Å². The molecule has 25 heavy (non-hydrogen) atoms. The molecule has 2 aliphatic rings. The smallest absolute Gasteiger partial charge is 0.278 e. The lowest BCUT2D eigenvalue weighted by Crippen LogP contribution is -2.30. The summed E-state index contributed by atoms with van der Waals surface area (Å²) in [6, 6.07) is 0. The van der Waals surface area contributed by atoms with Crippen LogP contribution >= 0.6 is 27.4 Å². The Morgan fingerprint density at radius 3 is 3.00 bits per heavy atom. The number of alkyl halides is 1. The van der Waals surface area contributed by atoms with E-state index in [9.17, 15) is 4.79 Å². The van der Waals surface area contributed by atoms with Crippen LogP contribution in [0.3, 0.4) is 0 Å². The minimum absolute atomic E-state index is 0.157. The largest absolute Gasteiger partial charge is 0.349 e. The van der Waals surface area contributed by atoms with Crippen LogP contribution in [0.25, 0.3) is 11.2 Å². The summed E-state index contributed by atoms with van der Waals surface area (Å²) >= 11 is 8.84. The first-order valence-corrected chi connectivity index (χ1v) is 13.7. The van der Waals surface area contributed by atoms with Crippen LogP contribution in [0.5, 0.6) is 0 Å². The highest BCUT2D eigenvalue weighted by Crippen LogP contribution is 2.75. The first kappa shape index (κ1) is 17.9. The Labute approximate surface area is 156 Å². The SMILES string of the molecule is CC[C@H]1O[C@@H](n2cnc3c(=O)[nH]cnc32)[C@H](F)[C@@H]1OP1(=S)SCCS1. The molecule has 7 nitrogen and oxygen atoms in total. The molecule has 0 bridgehead atoms. The first-order chi connectivity index (χ1) is 12.0. The monoisotopic (exact) mass is 422 g/mol. The summed E-state index contributed by atoms with van der Waals surface area (Å²) in [5, 5.41) is 0. The minimum Gasteiger partial charge on any atom is -0.349 e. The van der Waals surface area contributed by atoms with Crippen molar-refractivity contribution < 1.29 is 13.7 Å². The third-order valence-corrected chi connectivity index (χ3v) is 13.9. The summed E-state index contributed by atoms with van der Waals surface area (Å²) in [4.78, 5) is 22.4. The van der Waals surface area contributed by atoms with Gasteiger partial charge in [0, 0.05) is 11.5 Å². The molecule has 12 heteroatoms. The fourth-order valence-corrected chi connectivity index (χ4v) is 12.3. The number of imidazole rings is 1. The number of nitrogens with zero attached hydrogens (tertiary/aromatic N) is 3. The van der Waals surface area contributed by atoms with Crippen LogP contribution in [0.15, 0.2) is 17.4 Å². The molecule has 2 aromatic rings. The van der Waals surface area contributed by atoms with Gasteiger partial charge in [0.05, 0.1) is 18.8 Å². The highest BCUT2D eigenvalue weighted by Gasteiger charge is 2.49. The van der Waals surface area contributed by atoms with Gasteiger partial charge < -0.3 is 14.2 Å². The van der Waals surface area contributed by atoms with E-state index in [0.29, 0.717) is 12.1 Å². The lowest BCUT2D eigenvalue weighted by atomic mass is 10.1. The van der Waals surface area contributed by atoms with Gasteiger partial charge in [0.25, 0.3) is 5.56 Å². The number of H-pyrrole nitrogens is 1. The highest BCUT2D eigenvalue weighted by atomic mass is 33.2. The van der Waals surface area contributed by atoms with Crippen LogP contribution in [0.1, 0.15) is 19.6 Å². The maximum absolute atomic E-state index is 15.2. The molecule has 2 aromatic heterocycles. The summed E-state index contributed by atoms with van der Waals surface area (Å²) in [7, 11) is 0. The van der Waals surface area contributed by atoms with Gasteiger partial charge in [-0.1, -0.05) is 29.7 Å². The highest BCUT2D eigenvalue weighted by molar-refractivity contribution is 9.00.